The summed E-state index contributed by atoms with van der Waals surface area (Å²) in [5.74, 6) is 0. The van der Waals surface area contributed by atoms with E-state index in [-0.39, 0.29) is 26.1 Å². The quantitative estimate of drug-likeness (QED) is 0.0418. The molecule has 0 fully saturated rings. The van der Waals surface area contributed by atoms with Crippen LogP contribution >= 0.6 is 22.7 Å². The normalized spacial score (nSPS) is 14.0. The van der Waals surface area contributed by atoms with Crippen LogP contribution in [0.4, 0.5) is 14.4 Å². The second-order valence-electron chi connectivity index (χ2n) is 15.0. The summed E-state index contributed by atoms with van der Waals surface area (Å²) in [4.78, 5) is 49.8. The van der Waals surface area contributed by atoms with Gasteiger partial charge in [-0.15, -0.1) is 22.7 Å². The van der Waals surface area contributed by atoms with Gasteiger partial charge in [0.25, 0.3) is 0 Å². The molecule has 4 aromatic carbocycles. The lowest BCUT2D eigenvalue weighted by Gasteiger charge is -2.30. The number of rotatable bonds is 22. The molecule has 15 heteroatoms. The van der Waals surface area contributed by atoms with Gasteiger partial charge in [0, 0.05) is 24.5 Å². The van der Waals surface area contributed by atoms with Crippen LogP contribution in [0, 0.1) is 0 Å². The summed E-state index contributed by atoms with van der Waals surface area (Å²) in [6, 6.07) is 35.1. The average molecular weight is 877 g/mol. The van der Waals surface area contributed by atoms with E-state index in [9.17, 15) is 24.6 Å². The maximum absolute atomic E-state index is 14.1. The Kier molecular flexibility index (Phi) is 17.8. The first-order chi connectivity index (χ1) is 30.3. The summed E-state index contributed by atoms with van der Waals surface area (Å²) in [5.41, 5.74) is 7.00. The Morgan fingerprint density at radius 3 is 1.16 bits per heavy atom. The number of amides is 4. The third kappa shape index (κ3) is 15.7. The van der Waals surface area contributed by atoms with Crippen LogP contribution in [-0.2, 0) is 48.4 Å². The van der Waals surface area contributed by atoms with E-state index in [1.54, 1.807) is 23.4 Å². The number of carbonyl (C=O) groups is 3. The van der Waals surface area contributed by atoms with Crippen molar-refractivity contribution in [3.05, 3.63) is 177 Å². The summed E-state index contributed by atoms with van der Waals surface area (Å²) in [7, 11) is 0. The van der Waals surface area contributed by atoms with E-state index in [0.717, 1.165) is 32.0 Å². The Morgan fingerprint density at radius 2 is 0.839 bits per heavy atom. The molecule has 0 bridgehead atoms. The molecule has 0 aliphatic rings. The minimum absolute atomic E-state index is 0.0442. The maximum Gasteiger partial charge on any atom is 0.407 e. The summed E-state index contributed by atoms with van der Waals surface area (Å²) in [5, 5.41) is 35.6. The third-order valence-electron chi connectivity index (χ3n) is 10.2. The molecule has 6 rings (SSSR count). The molecule has 0 radical (unpaired) electrons. The fraction of sp³-hybridized carbons (Fsp3) is 0.298. The van der Waals surface area contributed by atoms with Gasteiger partial charge in [0.05, 0.1) is 45.1 Å². The minimum atomic E-state index is -1.09. The minimum Gasteiger partial charge on any atom is -0.444 e. The molecular weight excluding hydrogens is 825 g/mol. The number of nitrogens with one attached hydrogen (secondary N) is 4. The van der Waals surface area contributed by atoms with Crippen LogP contribution in [-0.4, -0.2) is 74.8 Å². The molecular formula is C47H52N6O7S2. The predicted molar refractivity (Wildman–Crippen MR) is 240 cm³/mol. The van der Waals surface area contributed by atoms with Crippen LogP contribution in [0.2, 0.25) is 0 Å². The topological polar surface area (TPSA) is 184 Å². The van der Waals surface area contributed by atoms with Gasteiger partial charge in [0.2, 0.25) is 0 Å². The first-order valence-corrected chi connectivity index (χ1v) is 22.2. The Bertz CT molecular complexity index is 2030. The van der Waals surface area contributed by atoms with E-state index in [4.69, 9.17) is 9.47 Å². The van der Waals surface area contributed by atoms with E-state index in [1.165, 1.54) is 22.7 Å². The zero-order chi connectivity index (χ0) is 43.4. The fourth-order valence-electron chi connectivity index (χ4n) is 7.10. The van der Waals surface area contributed by atoms with Crippen molar-refractivity contribution in [3.8, 4) is 0 Å². The second-order valence-corrected chi connectivity index (χ2v) is 16.9. The highest BCUT2D eigenvalue weighted by atomic mass is 32.1. The number of hydrogen-bond donors (Lipinski definition) is 6. The van der Waals surface area contributed by atoms with E-state index in [1.807, 2.05) is 121 Å². The number of aromatic nitrogens is 2. The van der Waals surface area contributed by atoms with E-state index in [2.05, 4.69) is 31.2 Å². The molecule has 0 aliphatic heterocycles. The number of benzene rings is 4. The summed E-state index contributed by atoms with van der Waals surface area (Å²) >= 11 is 2.74. The zero-order valence-corrected chi connectivity index (χ0v) is 35.8. The number of aliphatic hydroxyl groups is 2. The van der Waals surface area contributed by atoms with Gasteiger partial charge in [-0.2, -0.15) is 0 Å². The van der Waals surface area contributed by atoms with Gasteiger partial charge in [-0.3, -0.25) is 9.97 Å². The van der Waals surface area contributed by atoms with Gasteiger partial charge in [-0.1, -0.05) is 121 Å². The molecule has 62 heavy (non-hydrogen) atoms. The highest BCUT2D eigenvalue weighted by Crippen LogP contribution is 2.18. The second kappa shape index (κ2) is 24.3. The summed E-state index contributed by atoms with van der Waals surface area (Å²) < 4.78 is 10.9. The van der Waals surface area contributed by atoms with Crippen LogP contribution < -0.4 is 21.3 Å². The van der Waals surface area contributed by atoms with Crippen molar-refractivity contribution in [3.63, 3.8) is 0 Å². The summed E-state index contributed by atoms with van der Waals surface area (Å²) in [6.07, 6.45) is 1.30. The number of carbonyl (C=O) groups excluding carboxylic acids is 3. The van der Waals surface area contributed by atoms with Crippen molar-refractivity contribution in [1.29, 1.82) is 0 Å². The van der Waals surface area contributed by atoms with Crippen molar-refractivity contribution in [2.24, 2.45) is 0 Å². The standard InChI is InChI=1S/C47H52N6O7S2/c54-43(41(23-35-17-9-3-10-18-35)52-46(57)59-29-39-27-48-31-61-39)25-37(21-33-13-5-1-6-14-33)50-45(56)51-38(22-34-15-7-2-8-16-34)26-44(55)42(24-36-19-11-4-12-20-36)53-47(58)60-30-40-28-49-32-62-40/h1-20,27-28,31-32,37-38,41-44,54-55H,21-26,29-30H2,(H,52,57)(H,53,58)(H2,50,51,56)/t37-,38-,41-,42-,43-,44-/m0/s1. The van der Waals surface area contributed by atoms with Crippen molar-refractivity contribution >= 4 is 40.9 Å². The molecule has 6 aromatic rings. The number of nitrogens with zero attached hydrogens (tertiary/aromatic N) is 2. The number of urea groups is 1. The third-order valence-corrected chi connectivity index (χ3v) is 11.7. The summed E-state index contributed by atoms with van der Waals surface area (Å²) in [6.45, 7) is 0.0883. The van der Waals surface area contributed by atoms with Crippen LogP contribution in [0.15, 0.2) is 145 Å². The molecule has 2 heterocycles. The molecule has 0 saturated heterocycles. The van der Waals surface area contributed by atoms with Crippen molar-refractivity contribution in [1.82, 2.24) is 31.2 Å². The molecule has 0 saturated carbocycles. The molecule has 6 atom stereocenters. The van der Waals surface area contributed by atoms with E-state index >= 15 is 0 Å². The molecule has 13 nitrogen and oxygen atoms in total. The van der Waals surface area contributed by atoms with E-state index < -0.39 is 54.6 Å². The Labute approximate surface area is 369 Å². The number of ether oxygens (including phenoxy) is 2. The van der Waals surface area contributed by atoms with Gasteiger partial charge < -0.3 is 41.0 Å². The Hall–Kier alpha value is -6.13. The van der Waals surface area contributed by atoms with Gasteiger partial charge in [-0.25, -0.2) is 14.4 Å². The Morgan fingerprint density at radius 1 is 0.500 bits per heavy atom. The van der Waals surface area contributed by atoms with Gasteiger partial charge in [0.15, 0.2) is 0 Å². The molecule has 0 unspecified atom stereocenters. The zero-order valence-electron chi connectivity index (χ0n) is 34.1. The fourth-order valence-corrected chi connectivity index (χ4v) is 8.11. The number of alkyl carbamates (subject to hydrolysis) is 2. The number of aliphatic hydroxyl groups excluding tert-OH is 2. The van der Waals surface area contributed by atoms with Crippen molar-refractivity contribution in [2.45, 2.75) is 88.1 Å². The lowest BCUT2D eigenvalue weighted by atomic mass is 9.93. The first kappa shape index (κ1) is 45.4. The highest BCUT2D eigenvalue weighted by molar-refractivity contribution is 7.09. The van der Waals surface area contributed by atoms with Crippen LogP contribution in [0.25, 0.3) is 0 Å². The largest absolute Gasteiger partial charge is 0.444 e. The van der Waals surface area contributed by atoms with Gasteiger partial charge in [-0.05, 0) is 60.8 Å². The molecule has 0 spiro atoms. The highest BCUT2D eigenvalue weighted by Gasteiger charge is 2.30. The maximum atomic E-state index is 14.1. The molecule has 6 N–H and O–H groups in total. The number of thiazole rings is 2. The van der Waals surface area contributed by atoms with Crippen LogP contribution in [0.3, 0.4) is 0 Å². The first-order valence-electron chi connectivity index (χ1n) is 20.5. The SMILES string of the molecule is O=C(N[C@@H](Cc1ccccc1)C[C@H](O)[C@H](Cc1ccccc1)NC(=O)OCc1cncs1)N[C@@H](Cc1ccccc1)C[C@H](O)[C@H](Cc1ccccc1)NC(=O)OCc1cncs1. The lowest BCUT2D eigenvalue weighted by Crippen LogP contribution is -2.53. The average Bonchev–Trinajstić information content (AvgIpc) is 4.01. The van der Waals surface area contributed by atoms with Crippen LogP contribution in [0.5, 0.6) is 0 Å². The monoisotopic (exact) mass is 876 g/mol. The van der Waals surface area contributed by atoms with Gasteiger partial charge >= 0.3 is 18.2 Å². The number of hydrogen-bond acceptors (Lipinski definition) is 11. The lowest BCUT2D eigenvalue weighted by molar-refractivity contribution is 0.0881. The Balaban J connectivity index is 1.17. The van der Waals surface area contributed by atoms with E-state index in [0.29, 0.717) is 25.7 Å². The molecule has 2 aromatic heterocycles. The van der Waals surface area contributed by atoms with Crippen molar-refractivity contribution in [2.75, 3.05) is 0 Å². The smallest absolute Gasteiger partial charge is 0.407 e. The van der Waals surface area contributed by atoms with Crippen molar-refractivity contribution < 1.29 is 34.1 Å². The molecule has 324 valence electrons. The predicted octanol–water partition coefficient (Wildman–Crippen LogP) is 7.00. The van der Waals surface area contributed by atoms with Crippen LogP contribution in [0.1, 0.15) is 44.8 Å². The molecule has 0 aliphatic carbocycles. The molecule has 4 amide bonds. The van der Waals surface area contributed by atoms with Gasteiger partial charge in [0.1, 0.15) is 13.2 Å².